The maximum absolute atomic E-state index is 12.2. The first kappa shape index (κ1) is 18.0. The van der Waals surface area contributed by atoms with Crippen molar-refractivity contribution >= 4 is 17.5 Å². The highest BCUT2D eigenvalue weighted by Crippen LogP contribution is 2.28. The number of oxazole rings is 1. The van der Waals surface area contributed by atoms with Crippen LogP contribution in [0.2, 0.25) is 5.02 Å². The number of carbonyl (C=O) groups excluding carboxylic acids is 1. The predicted molar refractivity (Wildman–Crippen MR) is 98.2 cm³/mol. The highest BCUT2D eigenvalue weighted by atomic mass is 35.5. The molecule has 1 saturated carbocycles. The molecule has 2 atom stereocenters. The molecule has 3 N–H and O–H groups in total. The molecular formula is C19H24ClN3O2. The molecule has 2 unspecified atom stereocenters. The number of rotatable bonds is 6. The minimum atomic E-state index is 0.0304. The van der Waals surface area contributed by atoms with Gasteiger partial charge in [0.1, 0.15) is 0 Å². The Hall–Kier alpha value is -1.85. The van der Waals surface area contributed by atoms with Crippen molar-refractivity contribution in [1.29, 1.82) is 0 Å². The fourth-order valence-corrected chi connectivity index (χ4v) is 3.62. The standard InChI is InChI=1S/C19H24ClN3O2/c20-15-7-3-2-6-14(15)17-12-22-19(25-17)10-9-18(24)23-16-8-4-1-5-13(16)11-21/h2-3,6-7,12-13,16H,1,4-5,8-11,21H2,(H,23,24). The molecule has 1 amide bonds. The molecule has 1 aromatic heterocycles. The molecule has 6 heteroatoms. The van der Waals surface area contributed by atoms with Crippen LogP contribution in [-0.4, -0.2) is 23.5 Å². The van der Waals surface area contributed by atoms with Crippen molar-refractivity contribution in [3.05, 3.63) is 41.4 Å². The number of benzene rings is 1. The summed E-state index contributed by atoms with van der Waals surface area (Å²) in [7, 11) is 0. The van der Waals surface area contributed by atoms with E-state index in [9.17, 15) is 4.79 Å². The minimum Gasteiger partial charge on any atom is -0.441 e. The highest BCUT2D eigenvalue weighted by Gasteiger charge is 2.25. The summed E-state index contributed by atoms with van der Waals surface area (Å²) in [4.78, 5) is 16.5. The van der Waals surface area contributed by atoms with Gasteiger partial charge in [-0.05, 0) is 37.4 Å². The first-order valence-electron chi connectivity index (χ1n) is 8.86. The van der Waals surface area contributed by atoms with Crippen molar-refractivity contribution in [2.45, 2.75) is 44.6 Å². The third kappa shape index (κ3) is 4.61. The molecule has 1 heterocycles. The third-order valence-electron chi connectivity index (χ3n) is 4.82. The van der Waals surface area contributed by atoms with Crippen molar-refractivity contribution in [3.8, 4) is 11.3 Å². The summed E-state index contributed by atoms with van der Waals surface area (Å²) in [5.74, 6) is 1.59. The van der Waals surface area contributed by atoms with Crippen molar-refractivity contribution in [3.63, 3.8) is 0 Å². The van der Waals surface area contributed by atoms with Crippen LogP contribution < -0.4 is 11.1 Å². The van der Waals surface area contributed by atoms with E-state index < -0.39 is 0 Å². The number of aryl methyl sites for hydroxylation is 1. The van der Waals surface area contributed by atoms with Crippen LogP contribution in [0.15, 0.2) is 34.9 Å². The SMILES string of the molecule is NCC1CCCCC1NC(=O)CCc1ncc(-c2ccccc2Cl)o1. The number of halogens is 1. The van der Waals surface area contributed by atoms with Crippen LogP contribution in [-0.2, 0) is 11.2 Å². The second-order valence-electron chi connectivity index (χ2n) is 6.55. The lowest BCUT2D eigenvalue weighted by atomic mass is 9.84. The summed E-state index contributed by atoms with van der Waals surface area (Å²) in [6.45, 7) is 0.631. The van der Waals surface area contributed by atoms with Gasteiger partial charge in [-0.25, -0.2) is 4.98 Å². The molecule has 0 radical (unpaired) electrons. The van der Waals surface area contributed by atoms with Gasteiger partial charge in [0.15, 0.2) is 11.7 Å². The number of hydrogen-bond acceptors (Lipinski definition) is 4. The summed E-state index contributed by atoms with van der Waals surface area (Å²) in [5, 5.41) is 3.75. The molecule has 134 valence electrons. The Morgan fingerprint density at radius 3 is 2.92 bits per heavy atom. The lowest BCUT2D eigenvalue weighted by molar-refractivity contribution is -0.122. The molecule has 1 aliphatic rings. The fourth-order valence-electron chi connectivity index (χ4n) is 3.39. The molecule has 0 spiro atoms. The van der Waals surface area contributed by atoms with E-state index in [0.29, 0.717) is 42.0 Å². The normalized spacial score (nSPS) is 20.4. The Labute approximate surface area is 153 Å². The quantitative estimate of drug-likeness (QED) is 0.824. The third-order valence-corrected chi connectivity index (χ3v) is 5.15. The van der Waals surface area contributed by atoms with Crippen molar-refractivity contribution < 1.29 is 9.21 Å². The number of carbonyl (C=O) groups is 1. The van der Waals surface area contributed by atoms with Gasteiger partial charge in [-0.15, -0.1) is 0 Å². The van der Waals surface area contributed by atoms with Gasteiger partial charge in [-0.1, -0.05) is 36.6 Å². The Kier molecular flexibility index (Phi) is 6.10. The zero-order valence-electron chi connectivity index (χ0n) is 14.2. The van der Waals surface area contributed by atoms with Crippen LogP contribution >= 0.6 is 11.6 Å². The monoisotopic (exact) mass is 361 g/mol. The molecule has 3 rings (SSSR count). The van der Waals surface area contributed by atoms with E-state index in [1.54, 1.807) is 6.20 Å². The number of aromatic nitrogens is 1. The Morgan fingerprint density at radius 2 is 2.12 bits per heavy atom. The Bertz CT molecular complexity index is 716. The first-order valence-corrected chi connectivity index (χ1v) is 9.24. The zero-order chi connectivity index (χ0) is 17.6. The van der Waals surface area contributed by atoms with Crippen LogP contribution in [0.5, 0.6) is 0 Å². The molecule has 2 aromatic rings. The number of nitrogens with zero attached hydrogens (tertiary/aromatic N) is 1. The second-order valence-corrected chi connectivity index (χ2v) is 6.96. The maximum atomic E-state index is 12.2. The summed E-state index contributed by atoms with van der Waals surface area (Å²) in [6, 6.07) is 7.66. The molecule has 1 aromatic carbocycles. The van der Waals surface area contributed by atoms with Gasteiger partial charge in [0.05, 0.1) is 11.2 Å². The van der Waals surface area contributed by atoms with E-state index in [1.807, 2.05) is 24.3 Å². The largest absolute Gasteiger partial charge is 0.441 e. The Balaban J connectivity index is 1.53. The maximum Gasteiger partial charge on any atom is 0.220 e. The fraction of sp³-hybridized carbons (Fsp3) is 0.474. The predicted octanol–water partition coefficient (Wildman–Crippen LogP) is 3.56. The average Bonchev–Trinajstić information content (AvgIpc) is 3.09. The van der Waals surface area contributed by atoms with Crippen molar-refractivity contribution in [2.75, 3.05) is 6.54 Å². The zero-order valence-corrected chi connectivity index (χ0v) is 15.0. The number of hydrogen-bond donors (Lipinski definition) is 2. The first-order chi connectivity index (χ1) is 12.2. The van der Waals surface area contributed by atoms with Crippen molar-refractivity contribution in [1.82, 2.24) is 10.3 Å². The lowest BCUT2D eigenvalue weighted by Gasteiger charge is -2.31. The van der Waals surface area contributed by atoms with E-state index in [1.165, 1.54) is 6.42 Å². The van der Waals surface area contributed by atoms with Gasteiger partial charge in [0.2, 0.25) is 5.91 Å². The molecule has 0 aliphatic heterocycles. The van der Waals surface area contributed by atoms with E-state index in [2.05, 4.69) is 10.3 Å². The minimum absolute atomic E-state index is 0.0304. The van der Waals surface area contributed by atoms with Crippen LogP contribution in [0.25, 0.3) is 11.3 Å². The van der Waals surface area contributed by atoms with Crippen LogP contribution in [0, 0.1) is 5.92 Å². The van der Waals surface area contributed by atoms with Crippen LogP contribution in [0.4, 0.5) is 0 Å². The van der Waals surface area contributed by atoms with E-state index in [4.69, 9.17) is 21.8 Å². The molecule has 0 saturated heterocycles. The molecule has 5 nitrogen and oxygen atoms in total. The van der Waals surface area contributed by atoms with Crippen molar-refractivity contribution in [2.24, 2.45) is 11.7 Å². The number of nitrogens with two attached hydrogens (primary N) is 1. The summed E-state index contributed by atoms with van der Waals surface area (Å²) < 4.78 is 5.74. The summed E-state index contributed by atoms with van der Waals surface area (Å²) >= 11 is 6.17. The topological polar surface area (TPSA) is 81.1 Å². The van der Waals surface area contributed by atoms with Gasteiger partial charge >= 0.3 is 0 Å². The van der Waals surface area contributed by atoms with Gasteiger partial charge < -0.3 is 15.5 Å². The lowest BCUT2D eigenvalue weighted by Crippen LogP contribution is -2.44. The van der Waals surface area contributed by atoms with E-state index >= 15 is 0 Å². The van der Waals surface area contributed by atoms with Gasteiger partial charge in [-0.2, -0.15) is 0 Å². The number of nitrogens with one attached hydrogen (secondary N) is 1. The molecule has 25 heavy (non-hydrogen) atoms. The Morgan fingerprint density at radius 1 is 1.32 bits per heavy atom. The van der Waals surface area contributed by atoms with Gasteiger partial charge in [0, 0.05) is 24.4 Å². The molecule has 1 fully saturated rings. The van der Waals surface area contributed by atoms with Crippen LogP contribution in [0.1, 0.15) is 38.0 Å². The smallest absolute Gasteiger partial charge is 0.220 e. The number of amides is 1. The second kappa shape index (κ2) is 8.50. The molecular weight excluding hydrogens is 338 g/mol. The van der Waals surface area contributed by atoms with Crippen LogP contribution in [0.3, 0.4) is 0 Å². The van der Waals surface area contributed by atoms with Gasteiger partial charge in [-0.3, -0.25) is 4.79 Å². The van der Waals surface area contributed by atoms with Gasteiger partial charge in [0.25, 0.3) is 0 Å². The molecule has 0 bridgehead atoms. The molecule has 1 aliphatic carbocycles. The van der Waals surface area contributed by atoms with E-state index in [-0.39, 0.29) is 11.9 Å². The summed E-state index contributed by atoms with van der Waals surface area (Å²) in [5.41, 5.74) is 6.62. The average molecular weight is 362 g/mol. The van der Waals surface area contributed by atoms with E-state index in [0.717, 1.165) is 24.8 Å². The summed E-state index contributed by atoms with van der Waals surface area (Å²) in [6.07, 6.45) is 6.95. The highest BCUT2D eigenvalue weighted by molar-refractivity contribution is 6.33.